The summed E-state index contributed by atoms with van der Waals surface area (Å²) >= 11 is 0. The van der Waals surface area contributed by atoms with E-state index in [1.807, 2.05) is 31.2 Å². The third kappa shape index (κ3) is 3.75. The lowest BCUT2D eigenvalue weighted by Gasteiger charge is -2.09. The van der Waals surface area contributed by atoms with E-state index in [9.17, 15) is 0 Å². The lowest BCUT2D eigenvalue weighted by Crippen LogP contribution is -2.23. The number of nitriles is 1. The number of aryl methyl sites for hydroxylation is 1. The number of nitrogens with one attached hydrogen (secondary N) is 1. The highest BCUT2D eigenvalue weighted by atomic mass is 16.5. The number of benzene rings is 1. The van der Waals surface area contributed by atoms with Gasteiger partial charge in [-0.3, -0.25) is 4.98 Å². The van der Waals surface area contributed by atoms with Crippen molar-refractivity contribution in [3.8, 4) is 11.8 Å². The summed E-state index contributed by atoms with van der Waals surface area (Å²) in [7, 11) is 0. The molecular weight excluding hydrogens is 278 g/mol. The predicted octanol–water partition coefficient (Wildman–Crippen LogP) is 1.58. The van der Waals surface area contributed by atoms with Crippen LogP contribution in [0.2, 0.25) is 0 Å². The van der Waals surface area contributed by atoms with E-state index in [-0.39, 0.29) is 11.4 Å². The Labute approximate surface area is 129 Å². The van der Waals surface area contributed by atoms with E-state index in [0.717, 1.165) is 11.3 Å². The van der Waals surface area contributed by atoms with E-state index in [0.29, 0.717) is 17.9 Å². The fraction of sp³-hybridized carbons (Fsp3) is 0.125. The first-order valence-electron chi connectivity index (χ1n) is 6.65. The molecule has 0 radical (unpaired) electrons. The minimum atomic E-state index is 0.111. The Kier molecular flexibility index (Phi) is 4.96. The smallest absolute Gasteiger partial charge is 0.151 e. The van der Waals surface area contributed by atoms with Gasteiger partial charge in [0.05, 0.1) is 5.70 Å². The van der Waals surface area contributed by atoms with Gasteiger partial charge in [-0.15, -0.1) is 0 Å². The monoisotopic (exact) mass is 295 g/mol. The maximum atomic E-state index is 8.93. The molecule has 0 saturated carbocycles. The number of hydrazine groups is 1. The maximum Gasteiger partial charge on any atom is 0.151 e. The third-order valence-electron chi connectivity index (χ3n) is 3.05. The lowest BCUT2D eigenvalue weighted by atomic mass is 10.1. The second-order valence-electron chi connectivity index (χ2n) is 4.67. The summed E-state index contributed by atoms with van der Waals surface area (Å²) in [5, 5.41) is 8.93. The number of allylic oxidation sites excluding steroid dienone is 1. The number of pyridine rings is 1. The summed E-state index contributed by atoms with van der Waals surface area (Å²) in [5.41, 5.74) is 11.2. The Bertz CT molecular complexity index is 716. The van der Waals surface area contributed by atoms with Gasteiger partial charge in [0.25, 0.3) is 0 Å². The first-order chi connectivity index (χ1) is 10.6. The summed E-state index contributed by atoms with van der Waals surface area (Å²) in [6.45, 7) is 2.34. The van der Waals surface area contributed by atoms with Gasteiger partial charge in [-0.1, -0.05) is 18.2 Å². The van der Waals surface area contributed by atoms with E-state index in [1.165, 1.54) is 0 Å². The van der Waals surface area contributed by atoms with Crippen molar-refractivity contribution >= 4 is 5.70 Å². The number of hydrogen-bond donors (Lipinski definition) is 3. The molecule has 0 spiro atoms. The molecule has 0 aliphatic carbocycles. The molecule has 6 nitrogen and oxygen atoms in total. The van der Waals surface area contributed by atoms with Crippen molar-refractivity contribution in [1.82, 2.24) is 10.4 Å². The second-order valence-corrected chi connectivity index (χ2v) is 4.67. The number of ether oxygens (including phenoxy) is 1. The van der Waals surface area contributed by atoms with E-state index in [1.54, 1.807) is 24.4 Å². The van der Waals surface area contributed by atoms with E-state index < -0.39 is 0 Å². The first kappa shape index (κ1) is 15.4. The normalized spacial score (nSPS) is 11.3. The van der Waals surface area contributed by atoms with Gasteiger partial charge in [0.15, 0.2) is 5.70 Å². The molecule has 22 heavy (non-hydrogen) atoms. The van der Waals surface area contributed by atoms with E-state index in [2.05, 4.69) is 10.4 Å². The van der Waals surface area contributed by atoms with Gasteiger partial charge < -0.3 is 15.9 Å². The molecular formula is C16H17N5O. The highest BCUT2D eigenvalue weighted by molar-refractivity contribution is 5.69. The van der Waals surface area contributed by atoms with Crippen molar-refractivity contribution in [3.05, 3.63) is 65.1 Å². The molecule has 0 bridgehead atoms. The molecule has 6 heteroatoms. The molecule has 112 valence electrons. The Balaban J connectivity index is 2.14. The van der Waals surface area contributed by atoms with Crippen LogP contribution in [0.1, 0.15) is 16.8 Å². The van der Waals surface area contributed by atoms with Crippen molar-refractivity contribution in [1.29, 1.82) is 5.26 Å². The zero-order valence-electron chi connectivity index (χ0n) is 12.2. The Morgan fingerprint density at radius 3 is 2.82 bits per heavy atom. The highest BCUT2D eigenvalue weighted by Gasteiger charge is 2.06. The van der Waals surface area contributed by atoms with Crippen molar-refractivity contribution in [2.75, 3.05) is 0 Å². The van der Waals surface area contributed by atoms with Crippen LogP contribution in [0.25, 0.3) is 5.70 Å². The molecule has 0 unspecified atom stereocenters. The van der Waals surface area contributed by atoms with Crippen LogP contribution in [-0.4, -0.2) is 4.98 Å². The maximum absolute atomic E-state index is 8.93. The molecule has 0 atom stereocenters. The van der Waals surface area contributed by atoms with Gasteiger partial charge in [0.1, 0.15) is 18.4 Å². The van der Waals surface area contributed by atoms with Crippen LogP contribution in [0.5, 0.6) is 5.75 Å². The number of rotatable bonds is 5. The average molecular weight is 295 g/mol. The molecule has 5 N–H and O–H groups in total. The number of nitrogens with two attached hydrogens (primary N) is 2. The standard InChI is InChI=1S/C16H17N5O/c1-11-5-6-12(9-20-11)10-22-14-4-2-3-13(7-14)16(18)15(8-17)21-19/h2-7,9,21H,10,18-19H2,1H3/b16-15-. The van der Waals surface area contributed by atoms with Crippen molar-refractivity contribution in [2.45, 2.75) is 13.5 Å². The van der Waals surface area contributed by atoms with Crippen molar-refractivity contribution in [2.24, 2.45) is 11.6 Å². The van der Waals surface area contributed by atoms with Crippen LogP contribution in [0.4, 0.5) is 0 Å². The fourth-order valence-corrected chi connectivity index (χ4v) is 1.82. The molecule has 0 aliphatic heterocycles. The highest BCUT2D eigenvalue weighted by Crippen LogP contribution is 2.19. The minimum absolute atomic E-state index is 0.111. The van der Waals surface area contributed by atoms with Crippen molar-refractivity contribution in [3.63, 3.8) is 0 Å². The molecule has 0 amide bonds. The van der Waals surface area contributed by atoms with E-state index in [4.69, 9.17) is 21.6 Å². The van der Waals surface area contributed by atoms with Crippen LogP contribution in [0.3, 0.4) is 0 Å². The number of hydrogen-bond acceptors (Lipinski definition) is 6. The van der Waals surface area contributed by atoms with Gasteiger partial charge in [-0.2, -0.15) is 5.26 Å². The zero-order chi connectivity index (χ0) is 15.9. The van der Waals surface area contributed by atoms with Gasteiger partial charge in [-0.05, 0) is 25.1 Å². The molecule has 1 heterocycles. The molecule has 0 aliphatic rings. The molecule has 2 rings (SSSR count). The third-order valence-corrected chi connectivity index (χ3v) is 3.05. The number of aromatic nitrogens is 1. The Morgan fingerprint density at radius 2 is 2.18 bits per heavy atom. The summed E-state index contributed by atoms with van der Waals surface area (Å²) in [6, 6.07) is 13.0. The van der Waals surface area contributed by atoms with Crippen LogP contribution >= 0.6 is 0 Å². The van der Waals surface area contributed by atoms with Crippen LogP contribution in [-0.2, 0) is 6.61 Å². The topological polar surface area (TPSA) is 110 Å². The van der Waals surface area contributed by atoms with Gasteiger partial charge in [-0.25, -0.2) is 5.84 Å². The summed E-state index contributed by atoms with van der Waals surface area (Å²) < 4.78 is 5.72. The van der Waals surface area contributed by atoms with Gasteiger partial charge in [0.2, 0.25) is 0 Å². The second kappa shape index (κ2) is 7.11. The van der Waals surface area contributed by atoms with Gasteiger partial charge in [0, 0.05) is 23.0 Å². The first-order valence-corrected chi connectivity index (χ1v) is 6.65. The fourth-order valence-electron chi connectivity index (χ4n) is 1.82. The van der Waals surface area contributed by atoms with Crippen LogP contribution in [0, 0.1) is 18.3 Å². The predicted molar refractivity (Wildman–Crippen MR) is 83.8 cm³/mol. The van der Waals surface area contributed by atoms with Crippen molar-refractivity contribution < 1.29 is 4.74 Å². The molecule has 1 aromatic carbocycles. The minimum Gasteiger partial charge on any atom is -0.489 e. The average Bonchev–Trinajstić information content (AvgIpc) is 2.55. The zero-order valence-corrected chi connectivity index (χ0v) is 12.2. The van der Waals surface area contributed by atoms with Crippen LogP contribution in [0.15, 0.2) is 48.3 Å². The molecule has 2 aromatic rings. The molecule has 0 saturated heterocycles. The summed E-state index contributed by atoms with van der Waals surface area (Å²) in [4.78, 5) is 4.22. The summed E-state index contributed by atoms with van der Waals surface area (Å²) in [6.07, 6.45) is 1.78. The lowest BCUT2D eigenvalue weighted by molar-refractivity contribution is 0.305. The Hall–Kier alpha value is -3.04. The molecule has 0 fully saturated rings. The van der Waals surface area contributed by atoms with E-state index >= 15 is 0 Å². The number of nitrogens with zero attached hydrogens (tertiary/aromatic N) is 2. The quantitative estimate of drug-likeness (QED) is 0.439. The van der Waals surface area contributed by atoms with Gasteiger partial charge >= 0.3 is 0 Å². The largest absolute Gasteiger partial charge is 0.489 e. The SMILES string of the molecule is Cc1ccc(COc2cccc(/C(N)=C(\C#N)NN)c2)cn1. The summed E-state index contributed by atoms with van der Waals surface area (Å²) in [5.74, 6) is 5.91. The van der Waals surface area contributed by atoms with Crippen LogP contribution < -0.4 is 21.7 Å². The Morgan fingerprint density at radius 1 is 1.36 bits per heavy atom. The molecule has 1 aromatic heterocycles.